The molecule has 0 aliphatic carbocycles. The van der Waals surface area contributed by atoms with Crippen molar-refractivity contribution in [3.8, 4) is 11.4 Å². The SMILES string of the molecule is CC1=NC(C)C(C(=O)Nc2ccc(F)c(-c3nc4ncc(N5CCC(F)C5)cn4n3)c2)O1. The van der Waals surface area contributed by atoms with Gasteiger partial charge in [0, 0.05) is 25.7 Å². The standard InChI is InChI=1S/C21H21F2N7O2/c1-11-18(32-12(2)25-11)20(31)26-14-3-4-17(23)16(7-14)19-27-21-24-8-15(10-30(21)28-19)29-6-5-13(22)9-29/h3-4,7-8,10-11,13,18H,5-6,9H2,1-2H3,(H,26,31). The molecule has 3 aromatic rings. The summed E-state index contributed by atoms with van der Waals surface area (Å²) in [7, 11) is 0. The number of aliphatic imine (C=N–C) groups is 1. The summed E-state index contributed by atoms with van der Waals surface area (Å²) < 4.78 is 35.0. The van der Waals surface area contributed by atoms with Gasteiger partial charge in [0.05, 0.1) is 29.7 Å². The van der Waals surface area contributed by atoms with Crippen molar-refractivity contribution in [2.24, 2.45) is 4.99 Å². The van der Waals surface area contributed by atoms with Gasteiger partial charge in [-0.1, -0.05) is 0 Å². The van der Waals surface area contributed by atoms with Crippen LogP contribution in [0, 0.1) is 5.82 Å². The van der Waals surface area contributed by atoms with Crippen LogP contribution in [0.25, 0.3) is 17.2 Å². The number of rotatable bonds is 4. The van der Waals surface area contributed by atoms with E-state index >= 15 is 0 Å². The molecule has 1 amide bonds. The molecule has 0 bridgehead atoms. The summed E-state index contributed by atoms with van der Waals surface area (Å²) >= 11 is 0. The van der Waals surface area contributed by atoms with Crippen LogP contribution in [-0.4, -0.2) is 62.8 Å². The third-order valence-electron chi connectivity index (χ3n) is 5.53. The Kier molecular flexibility index (Phi) is 4.95. The Labute approximate surface area is 182 Å². The number of amides is 1. The van der Waals surface area contributed by atoms with Crippen LogP contribution in [0.5, 0.6) is 0 Å². The lowest BCUT2D eigenvalue weighted by Crippen LogP contribution is -2.34. The van der Waals surface area contributed by atoms with E-state index in [1.54, 1.807) is 26.2 Å². The van der Waals surface area contributed by atoms with Gasteiger partial charge < -0.3 is 15.0 Å². The molecule has 2 aromatic heterocycles. The summed E-state index contributed by atoms with van der Waals surface area (Å²) in [6.07, 6.45) is 2.17. The number of benzene rings is 1. The van der Waals surface area contributed by atoms with E-state index in [0.717, 1.165) is 5.69 Å². The summed E-state index contributed by atoms with van der Waals surface area (Å²) in [5.41, 5.74) is 1.22. The number of halogens is 2. The maximum atomic E-state index is 14.6. The topological polar surface area (TPSA) is 97.0 Å². The quantitative estimate of drug-likeness (QED) is 0.669. The van der Waals surface area contributed by atoms with Crippen molar-refractivity contribution in [2.45, 2.75) is 38.6 Å². The van der Waals surface area contributed by atoms with Crippen LogP contribution < -0.4 is 10.2 Å². The smallest absolute Gasteiger partial charge is 0.267 e. The van der Waals surface area contributed by atoms with Gasteiger partial charge in [0.2, 0.25) is 6.10 Å². The Bertz CT molecular complexity index is 1230. The Hall–Kier alpha value is -3.63. The number of alkyl halides is 1. The van der Waals surface area contributed by atoms with E-state index < -0.39 is 18.1 Å². The van der Waals surface area contributed by atoms with E-state index in [1.165, 1.54) is 22.7 Å². The normalized spacial score (nSPS) is 22.8. The zero-order chi connectivity index (χ0) is 22.4. The molecule has 5 rings (SSSR count). The summed E-state index contributed by atoms with van der Waals surface area (Å²) in [5.74, 6) is -0.0495. The van der Waals surface area contributed by atoms with Crippen LogP contribution in [0.4, 0.5) is 20.2 Å². The second-order valence-corrected chi connectivity index (χ2v) is 7.94. The molecule has 3 atom stereocenters. The van der Waals surface area contributed by atoms with Crippen molar-refractivity contribution in [1.82, 2.24) is 19.6 Å². The zero-order valence-corrected chi connectivity index (χ0v) is 17.5. The van der Waals surface area contributed by atoms with Crippen molar-refractivity contribution in [3.63, 3.8) is 0 Å². The molecule has 2 aliphatic heterocycles. The maximum absolute atomic E-state index is 14.6. The Morgan fingerprint density at radius 3 is 2.91 bits per heavy atom. The first-order chi connectivity index (χ1) is 15.4. The van der Waals surface area contributed by atoms with Gasteiger partial charge in [-0.05, 0) is 31.5 Å². The first kappa shape index (κ1) is 20.3. The van der Waals surface area contributed by atoms with Crippen molar-refractivity contribution >= 4 is 29.0 Å². The predicted octanol–water partition coefficient (Wildman–Crippen LogP) is 2.62. The van der Waals surface area contributed by atoms with Gasteiger partial charge in [0.25, 0.3) is 11.7 Å². The fourth-order valence-electron chi connectivity index (χ4n) is 3.93. The minimum Gasteiger partial charge on any atom is -0.466 e. The predicted molar refractivity (Wildman–Crippen MR) is 114 cm³/mol. The van der Waals surface area contributed by atoms with Crippen LogP contribution in [0.15, 0.2) is 35.6 Å². The molecule has 3 unspecified atom stereocenters. The fraction of sp³-hybridized carbons (Fsp3) is 0.381. The van der Waals surface area contributed by atoms with Crippen molar-refractivity contribution in [2.75, 3.05) is 23.3 Å². The molecule has 1 aromatic carbocycles. The number of carbonyl (C=O) groups is 1. The Balaban J connectivity index is 1.40. The molecule has 32 heavy (non-hydrogen) atoms. The zero-order valence-electron chi connectivity index (χ0n) is 17.5. The maximum Gasteiger partial charge on any atom is 0.267 e. The molecule has 0 saturated carbocycles. The number of carbonyl (C=O) groups excluding carboxylic acids is 1. The monoisotopic (exact) mass is 441 g/mol. The van der Waals surface area contributed by atoms with Gasteiger partial charge in [-0.2, -0.15) is 4.98 Å². The molecule has 4 heterocycles. The van der Waals surface area contributed by atoms with E-state index in [1.807, 2.05) is 4.90 Å². The first-order valence-corrected chi connectivity index (χ1v) is 10.3. The third-order valence-corrected chi connectivity index (χ3v) is 5.53. The van der Waals surface area contributed by atoms with Gasteiger partial charge in [-0.3, -0.25) is 4.79 Å². The lowest BCUT2D eigenvalue weighted by molar-refractivity contribution is -0.123. The highest BCUT2D eigenvalue weighted by Gasteiger charge is 2.32. The minimum atomic E-state index is -0.864. The van der Waals surface area contributed by atoms with Crippen molar-refractivity contribution in [3.05, 3.63) is 36.4 Å². The van der Waals surface area contributed by atoms with Crippen molar-refractivity contribution < 1.29 is 18.3 Å². The summed E-state index contributed by atoms with van der Waals surface area (Å²) in [6, 6.07) is 3.85. The number of hydrogen-bond acceptors (Lipinski definition) is 7. The number of hydrogen-bond donors (Lipinski definition) is 1. The lowest BCUT2D eigenvalue weighted by atomic mass is 10.1. The second kappa shape index (κ2) is 7.81. The number of nitrogens with zero attached hydrogens (tertiary/aromatic N) is 6. The third kappa shape index (κ3) is 3.74. The molecule has 0 spiro atoms. The van der Waals surface area contributed by atoms with Crippen LogP contribution in [0.1, 0.15) is 20.3 Å². The Morgan fingerprint density at radius 2 is 2.19 bits per heavy atom. The lowest BCUT2D eigenvalue weighted by Gasteiger charge is -2.16. The van der Waals surface area contributed by atoms with E-state index in [4.69, 9.17) is 4.74 Å². The van der Waals surface area contributed by atoms with Gasteiger partial charge in [0.1, 0.15) is 12.0 Å². The minimum absolute atomic E-state index is 0.118. The van der Waals surface area contributed by atoms with Crippen LogP contribution in [0.3, 0.4) is 0 Å². The highest BCUT2D eigenvalue weighted by atomic mass is 19.1. The summed E-state index contributed by atoms with van der Waals surface area (Å²) in [5, 5.41) is 7.07. The molecule has 1 N–H and O–H groups in total. The molecule has 166 valence electrons. The van der Waals surface area contributed by atoms with Crippen LogP contribution >= 0.6 is 0 Å². The van der Waals surface area contributed by atoms with Gasteiger partial charge in [-0.25, -0.2) is 23.3 Å². The van der Waals surface area contributed by atoms with Crippen LogP contribution in [-0.2, 0) is 9.53 Å². The molecule has 2 aliphatic rings. The van der Waals surface area contributed by atoms with E-state index in [-0.39, 0.29) is 29.1 Å². The van der Waals surface area contributed by atoms with E-state index in [9.17, 15) is 13.6 Å². The average molecular weight is 441 g/mol. The number of fused-ring (bicyclic) bond motifs is 1. The molecular weight excluding hydrogens is 420 g/mol. The number of anilines is 2. The van der Waals surface area contributed by atoms with E-state index in [2.05, 4.69) is 25.4 Å². The summed E-state index contributed by atoms with van der Waals surface area (Å²) in [6.45, 7) is 4.38. The van der Waals surface area contributed by atoms with Gasteiger partial charge in [-0.15, -0.1) is 5.10 Å². The van der Waals surface area contributed by atoms with Gasteiger partial charge in [0.15, 0.2) is 11.7 Å². The molecular formula is C21H21F2N7O2. The van der Waals surface area contributed by atoms with Crippen LogP contribution in [0.2, 0.25) is 0 Å². The average Bonchev–Trinajstić information content (AvgIpc) is 3.46. The van der Waals surface area contributed by atoms with E-state index in [0.29, 0.717) is 31.1 Å². The molecule has 1 fully saturated rings. The largest absolute Gasteiger partial charge is 0.466 e. The van der Waals surface area contributed by atoms with Crippen molar-refractivity contribution in [1.29, 1.82) is 0 Å². The Morgan fingerprint density at radius 1 is 1.34 bits per heavy atom. The molecule has 11 heteroatoms. The second-order valence-electron chi connectivity index (χ2n) is 7.94. The van der Waals surface area contributed by atoms with Gasteiger partial charge >= 0.3 is 0 Å². The highest BCUT2D eigenvalue weighted by molar-refractivity contribution is 5.97. The fourth-order valence-corrected chi connectivity index (χ4v) is 3.93. The number of nitrogens with one attached hydrogen (secondary N) is 1. The number of aromatic nitrogens is 4. The highest BCUT2D eigenvalue weighted by Crippen LogP contribution is 2.26. The molecule has 1 saturated heterocycles. The molecule has 0 radical (unpaired) electrons. The summed E-state index contributed by atoms with van der Waals surface area (Å²) in [4.78, 5) is 27.2. The first-order valence-electron chi connectivity index (χ1n) is 10.3. The number of ether oxygens (including phenoxy) is 1. The molecule has 9 nitrogen and oxygen atoms in total.